The highest BCUT2D eigenvalue weighted by molar-refractivity contribution is 5.15. The molecule has 0 radical (unpaired) electrons. The molecule has 1 aromatic rings. The summed E-state index contributed by atoms with van der Waals surface area (Å²) in [5, 5.41) is 2.34. The van der Waals surface area contributed by atoms with Gasteiger partial charge in [0.05, 0.1) is 24.9 Å². The molecule has 5 atom stereocenters. The number of hydroxylamine groups is 2. The number of piperidine rings is 1. The Morgan fingerprint density at radius 3 is 2.35 bits per heavy atom. The maximum Gasteiger partial charge on any atom is 0.175 e. The van der Waals surface area contributed by atoms with E-state index in [1.165, 1.54) is 44.1 Å². The van der Waals surface area contributed by atoms with Crippen LogP contribution < -0.4 is 0 Å². The third kappa shape index (κ3) is 6.06. The molecule has 4 heteroatoms. The Morgan fingerprint density at radius 2 is 1.68 bits per heavy atom. The van der Waals surface area contributed by atoms with E-state index in [9.17, 15) is 0 Å². The Bertz CT molecular complexity index is 727. The zero-order valence-corrected chi connectivity index (χ0v) is 22.9. The minimum Gasteiger partial charge on any atom is -0.347 e. The van der Waals surface area contributed by atoms with Gasteiger partial charge in [-0.05, 0) is 45.1 Å². The van der Waals surface area contributed by atoms with E-state index in [2.05, 4.69) is 76.9 Å². The molecule has 2 aliphatic heterocycles. The van der Waals surface area contributed by atoms with E-state index in [0.717, 1.165) is 38.7 Å². The predicted molar refractivity (Wildman–Crippen MR) is 141 cm³/mol. The van der Waals surface area contributed by atoms with Gasteiger partial charge in [-0.2, -0.15) is 5.06 Å². The lowest BCUT2D eigenvalue weighted by atomic mass is 9.67. The first-order valence-electron chi connectivity index (χ1n) is 14.1. The van der Waals surface area contributed by atoms with Crippen LogP contribution in [-0.2, 0) is 20.7 Å². The second-order valence-corrected chi connectivity index (χ2v) is 11.2. The monoisotopic (exact) mass is 473 g/mol. The summed E-state index contributed by atoms with van der Waals surface area (Å²) in [6, 6.07) is 10.6. The van der Waals surface area contributed by atoms with Crippen LogP contribution in [0.25, 0.3) is 0 Å². The van der Waals surface area contributed by atoms with Gasteiger partial charge in [0.2, 0.25) is 0 Å². The molecule has 4 nitrogen and oxygen atoms in total. The van der Waals surface area contributed by atoms with Crippen LogP contribution in [0.15, 0.2) is 30.3 Å². The largest absolute Gasteiger partial charge is 0.347 e. The van der Waals surface area contributed by atoms with Crippen LogP contribution in [0.3, 0.4) is 0 Å². The van der Waals surface area contributed by atoms with E-state index < -0.39 is 5.79 Å². The van der Waals surface area contributed by atoms with Crippen molar-refractivity contribution in [2.24, 2.45) is 5.92 Å². The second-order valence-electron chi connectivity index (χ2n) is 11.2. The molecule has 2 saturated heterocycles. The maximum absolute atomic E-state index is 6.84. The summed E-state index contributed by atoms with van der Waals surface area (Å²) in [5.41, 5.74) is 1.03. The standard InChI is InChI=1S/C30H51NO3/c1-7-10-11-12-13-17-20-27-23-32-30(34-27)24-28(5,8-2)31(29(6,9-3)25(30)4)33-22-21-26-18-15-14-16-19-26/h14-16,18-19,25,27H,7-13,17,20-24H2,1-6H3. The molecule has 34 heavy (non-hydrogen) atoms. The summed E-state index contributed by atoms with van der Waals surface area (Å²) in [4.78, 5) is 6.63. The smallest absolute Gasteiger partial charge is 0.175 e. The van der Waals surface area contributed by atoms with Crippen molar-refractivity contribution in [3.63, 3.8) is 0 Å². The number of benzene rings is 1. The fourth-order valence-electron chi connectivity index (χ4n) is 6.14. The Morgan fingerprint density at radius 1 is 0.971 bits per heavy atom. The van der Waals surface area contributed by atoms with Gasteiger partial charge in [-0.25, -0.2) is 0 Å². The van der Waals surface area contributed by atoms with Crippen LogP contribution in [0.5, 0.6) is 0 Å². The van der Waals surface area contributed by atoms with Crippen LogP contribution in [0, 0.1) is 5.92 Å². The average molecular weight is 474 g/mol. The van der Waals surface area contributed by atoms with Crippen molar-refractivity contribution in [3.8, 4) is 0 Å². The predicted octanol–water partition coefficient (Wildman–Crippen LogP) is 7.70. The van der Waals surface area contributed by atoms with Gasteiger partial charge < -0.3 is 9.47 Å². The van der Waals surface area contributed by atoms with Gasteiger partial charge in [0, 0.05) is 17.9 Å². The molecular weight excluding hydrogens is 422 g/mol. The number of hydrogen-bond acceptors (Lipinski definition) is 4. The van der Waals surface area contributed by atoms with Crippen molar-refractivity contribution in [1.29, 1.82) is 0 Å². The minimum absolute atomic E-state index is 0.136. The van der Waals surface area contributed by atoms with Crippen molar-refractivity contribution in [2.45, 2.75) is 135 Å². The SMILES string of the molecule is CCCCCCCCC1COC2(CC(C)(CC)N(OCCc3ccccc3)C(C)(CC)C2C)O1. The summed E-state index contributed by atoms with van der Waals surface area (Å²) in [7, 11) is 0. The third-order valence-corrected chi connectivity index (χ3v) is 8.86. The fraction of sp³-hybridized carbons (Fsp3) is 0.800. The molecule has 5 unspecified atom stereocenters. The Kier molecular flexibility index (Phi) is 10.0. The van der Waals surface area contributed by atoms with Crippen LogP contribution >= 0.6 is 0 Å². The van der Waals surface area contributed by atoms with E-state index in [1.54, 1.807) is 0 Å². The van der Waals surface area contributed by atoms with E-state index in [0.29, 0.717) is 6.61 Å². The first kappa shape index (κ1) is 27.6. The number of unbranched alkanes of at least 4 members (excludes halogenated alkanes) is 5. The highest BCUT2D eigenvalue weighted by atomic mass is 16.8. The quantitative estimate of drug-likeness (QED) is 0.275. The van der Waals surface area contributed by atoms with Gasteiger partial charge in [0.15, 0.2) is 5.79 Å². The first-order valence-corrected chi connectivity index (χ1v) is 14.1. The van der Waals surface area contributed by atoms with Crippen LogP contribution in [0.4, 0.5) is 0 Å². The molecule has 0 amide bonds. The van der Waals surface area contributed by atoms with Gasteiger partial charge in [0.1, 0.15) is 0 Å². The summed E-state index contributed by atoms with van der Waals surface area (Å²) in [6.45, 7) is 15.3. The zero-order chi connectivity index (χ0) is 24.7. The van der Waals surface area contributed by atoms with Gasteiger partial charge in [-0.1, -0.05) is 96.6 Å². The lowest BCUT2D eigenvalue weighted by molar-refractivity contribution is -0.368. The number of hydrogen-bond donors (Lipinski definition) is 0. The van der Waals surface area contributed by atoms with Gasteiger partial charge in [-0.3, -0.25) is 4.84 Å². The van der Waals surface area contributed by atoms with Crippen LogP contribution in [0.2, 0.25) is 0 Å². The number of rotatable bonds is 13. The minimum atomic E-state index is -0.512. The average Bonchev–Trinajstić information content (AvgIpc) is 3.26. The Labute approximate surface area is 209 Å². The Balaban J connectivity index is 1.66. The van der Waals surface area contributed by atoms with E-state index in [4.69, 9.17) is 14.3 Å². The third-order valence-electron chi connectivity index (χ3n) is 8.86. The van der Waals surface area contributed by atoms with Crippen molar-refractivity contribution >= 4 is 0 Å². The molecule has 2 aliphatic rings. The first-order chi connectivity index (χ1) is 16.3. The highest BCUT2D eigenvalue weighted by Crippen LogP contribution is 2.54. The summed E-state index contributed by atoms with van der Waals surface area (Å²) < 4.78 is 13.5. The molecule has 0 aromatic heterocycles. The molecule has 0 saturated carbocycles. The van der Waals surface area contributed by atoms with Crippen LogP contribution in [0.1, 0.15) is 111 Å². The molecule has 0 aliphatic carbocycles. The van der Waals surface area contributed by atoms with Crippen molar-refractivity contribution in [2.75, 3.05) is 13.2 Å². The van der Waals surface area contributed by atoms with Crippen molar-refractivity contribution < 1.29 is 14.3 Å². The molecule has 194 valence electrons. The zero-order valence-electron chi connectivity index (χ0n) is 22.9. The summed E-state index contributed by atoms with van der Waals surface area (Å²) in [5.74, 6) is -0.294. The molecule has 0 N–H and O–H groups in total. The van der Waals surface area contributed by atoms with Crippen molar-refractivity contribution in [1.82, 2.24) is 5.06 Å². The fourth-order valence-corrected chi connectivity index (χ4v) is 6.14. The molecule has 1 aromatic carbocycles. The molecule has 1 spiro atoms. The van der Waals surface area contributed by atoms with E-state index in [-0.39, 0.29) is 23.1 Å². The Hall–Kier alpha value is -0.940. The van der Waals surface area contributed by atoms with E-state index >= 15 is 0 Å². The summed E-state index contributed by atoms with van der Waals surface area (Å²) in [6.07, 6.45) is 13.0. The normalized spacial score (nSPS) is 34.2. The number of nitrogens with zero attached hydrogens (tertiary/aromatic N) is 1. The molecule has 2 fully saturated rings. The van der Waals surface area contributed by atoms with Gasteiger partial charge >= 0.3 is 0 Å². The lowest BCUT2D eigenvalue weighted by Crippen LogP contribution is -2.71. The summed E-state index contributed by atoms with van der Waals surface area (Å²) >= 11 is 0. The topological polar surface area (TPSA) is 30.9 Å². The van der Waals surface area contributed by atoms with Crippen LogP contribution in [-0.4, -0.2) is 41.2 Å². The number of ether oxygens (including phenoxy) is 2. The molecule has 2 heterocycles. The molecule has 3 rings (SSSR count). The lowest BCUT2D eigenvalue weighted by Gasteiger charge is -2.61. The maximum atomic E-state index is 6.84. The van der Waals surface area contributed by atoms with Gasteiger partial charge in [0.25, 0.3) is 0 Å². The highest BCUT2D eigenvalue weighted by Gasteiger charge is 2.63. The molecular formula is C30H51NO3. The van der Waals surface area contributed by atoms with Crippen molar-refractivity contribution in [3.05, 3.63) is 35.9 Å². The second kappa shape index (κ2) is 12.3. The molecule has 0 bridgehead atoms. The van der Waals surface area contributed by atoms with E-state index in [1.807, 2.05) is 0 Å². The van der Waals surface area contributed by atoms with Gasteiger partial charge in [-0.15, -0.1) is 0 Å².